The summed E-state index contributed by atoms with van der Waals surface area (Å²) in [5, 5.41) is 5.14. The number of amides is 1. The van der Waals surface area contributed by atoms with E-state index in [4.69, 9.17) is 23.2 Å². The second-order valence-electron chi connectivity index (χ2n) is 9.91. The number of nitrogens with one attached hydrogen (secondary N) is 1. The Morgan fingerprint density at radius 2 is 1.61 bits per heavy atom. The maximum Gasteiger partial charge on any atom is 0.251 e. The van der Waals surface area contributed by atoms with Gasteiger partial charge in [0, 0.05) is 28.7 Å². The number of hydrogen-bond acceptors (Lipinski definition) is 1. The molecule has 1 amide bonds. The summed E-state index contributed by atoms with van der Waals surface area (Å²) in [6, 6.07) is 28.4. The Balaban J connectivity index is 1.38. The molecule has 0 bridgehead atoms. The molecule has 0 spiro atoms. The molecule has 0 aliphatic carbocycles. The van der Waals surface area contributed by atoms with Crippen molar-refractivity contribution in [3.05, 3.63) is 128 Å². The smallest absolute Gasteiger partial charge is 0.251 e. The van der Waals surface area contributed by atoms with Crippen LogP contribution in [0.4, 0.5) is 0 Å². The van der Waals surface area contributed by atoms with Gasteiger partial charge in [-0.15, -0.1) is 0 Å². The first-order chi connectivity index (χ1) is 18.2. The van der Waals surface area contributed by atoms with Crippen molar-refractivity contribution in [2.45, 2.75) is 40.3 Å². The summed E-state index contributed by atoms with van der Waals surface area (Å²) in [5.74, 6) is -0.123. The number of aryl methyl sites for hydroxylation is 2. The Morgan fingerprint density at radius 3 is 2.32 bits per heavy atom. The summed E-state index contributed by atoms with van der Waals surface area (Å²) < 4.78 is 2.33. The van der Waals surface area contributed by atoms with Crippen LogP contribution in [0.15, 0.2) is 84.9 Å². The van der Waals surface area contributed by atoms with Crippen LogP contribution in [0.1, 0.15) is 51.3 Å². The first-order valence-electron chi connectivity index (χ1n) is 12.7. The van der Waals surface area contributed by atoms with E-state index in [9.17, 15) is 4.79 Å². The second kappa shape index (κ2) is 10.7. The Hall–Kier alpha value is -3.53. The first-order valence-corrected chi connectivity index (χ1v) is 13.5. The molecule has 1 aromatic heterocycles. The van der Waals surface area contributed by atoms with Gasteiger partial charge < -0.3 is 9.88 Å². The third-order valence-electron chi connectivity index (χ3n) is 7.44. The van der Waals surface area contributed by atoms with E-state index in [1.165, 1.54) is 33.5 Å². The minimum atomic E-state index is -0.206. The molecule has 5 aromatic rings. The summed E-state index contributed by atoms with van der Waals surface area (Å²) in [7, 11) is 0. The van der Waals surface area contributed by atoms with Crippen LogP contribution in [-0.2, 0) is 6.54 Å². The average molecular weight is 542 g/mol. The van der Waals surface area contributed by atoms with Gasteiger partial charge in [0.25, 0.3) is 5.91 Å². The van der Waals surface area contributed by atoms with Gasteiger partial charge in [-0.05, 0) is 91.4 Å². The molecule has 5 rings (SSSR count). The summed E-state index contributed by atoms with van der Waals surface area (Å²) >= 11 is 12.2. The summed E-state index contributed by atoms with van der Waals surface area (Å²) in [6.07, 6.45) is 0. The molecule has 4 aromatic carbocycles. The number of carbonyl (C=O) groups excluding carboxylic acids is 1. The van der Waals surface area contributed by atoms with Gasteiger partial charge in [-0.3, -0.25) is 4.79 Å². The fourth-order valence-electron chi connectivity index (χ4n) is 5.01. The van der Waals surface area contributed by atoms with Crippen molar-refractivity contribution >= 4 is 40.0 Å². The Morgan fingerprint density at radius 1 is 0.868 bits per heavy atom. The highest BCUT2D eigenvalue weighted by atomic mass is 35.5. The number of benzene rings is 4. The molecule has 0 saturated heterocycles. The summed E-state index contributed by atoms with van der Waals surface area (Å²) in [4.78, 5) is 13.1. The maximum absolute atomic E-state index is 13.1. The molecule has 1 heterocycles. The van der Waals surface area contributed by atoms with E-state index in [-0.39, 0.29) is 11.9 Å². The quantitative estimate of drug-likeness (QED) is 0.229. The van der Waals surface area contributed by atoms with Crippen LogP contribution < -0.4 is 5.32 Å². The lowest BCUT2D eigenvalue weighted by atomic mass is 9.99. The van der Waals surface area contributed by atoms with Gasteiger partial charge in [-0.1, -0.05) is 77.8 Å². The van der Waals surface area contributed by atoms with Crippen molar-refractivity contribution in [2.24, 2.45) is 0 Å². The zero-order valence-corrected chi connectivity index (χ0v) is 23.5. The number of rotatable bonds is 6. The highest BCUT2D eigenvalue weighted by Crippen LogP contribution is 2.29. The van der Waals surface area contributed by atoms with Crippen molar-refractivity contribution in [2.75, 3.05) is 0 Å². The van der Waals surface area contributed by atoms with Crippen LogP contribution in [-0.4, -0.2) is 10.5 Å². The van der Waals surface area contributed by atoms with Gasteiger partial charge in [-0.2, -0.15) is 0 Å². The predicted molar refractivity (Wildman–Crippen MR) is 159 cm³/mol. The van der Waals surface area contributed by atoms with Gasteiger partial charge in [0.05, 0.1) is 16.1 Å². The molecule has 1 atom stereocenters. The second-order valence-corrected chi connectivity index (χ2v) is 10.7. The minimum absolute atomic E-state index is 0.123. The minimum Gasteiger partial charge on any atom is -0.346 e. The molecule has 0 unspecified atom stereocenters. The highest BCUT2D eigenvalue weighted by Gasteiger charge is 2.17. The SMILES string of the molecule is Cc1ccccc1-c1ccc(Cn2c(C)c(C)c3cc(C(=O)N[C@@H](C)c4ccc(Cl)c(Cl)c4)ccc32)cc1. The topological polar surface area (TPSA) is 34.0 Å². The molecule has 0 fully saturated rings. The molecule has 0 aliphatic heterocycles. The van der Waals surface area contributed by atoms with Crippen LogP contribution in [0.3, 0.4) is 0 Å². The molecule has 0 saturated carbocycles. The molecule has 0 aliphatic rings. The van der Waals surface area contributed by atoms with Crippen LogP contribution >= 0.6 is 23.2 Å². The van der Waals surface area contributed by atoms with Crippen LogP contribution in [0.5, 0.6) is 0 Å². The van der Waals surface area contributed by atoms with Crippen molar-refractivity contribution in [1.29, 1.82) is 0 Å². The van der Waals surface area contributed by atoms with E-state index in [0.29, 0.717) is 15.6 Å². The molecule has 0 radical (unpaired) electrons. The normalized spacial score (nSPS) is 12.1. The largest absolute Gasteiger partial charge is 0.346 e. The van der Waals surface area contributed by atoms with E-state index >= 15 is 0 Å². The molecule has 192 valence electrons. The molecular formula is C33H30Cl2N2O. The maximum atomic E-state index is 13.1. The van der Waals surface area contributed by atoms with Crippen LogP contribution in [0.2, 0.25) is 10.0 Å². The molecule has 3 nitrogen and oxygen atoms in total. The Kier molecular flexibility index (Phi) is 7.34. The van der Waals surface area contributed by atoms with Crippen molar-refractivity contribution in [3.8, 4) is 11.1 Å². The van der Waals surface area contributed by atoms with E-state index in [1.54, 1.807) is 12.1 Å². The van der Waals surface area contributed by atoms with Gasteiger partial charge >= 0.3 is 0 Å². The first kappa shape index (κ1) is 26.1. The number of halogens is 2. The lowest BCUT2D eigenvalue weighted by Crippen LogP contribution is -2.26. The Bertz CT molecular complexity index is 1650. The van der Waals surface area contributed by atoms with Crippen molar-refractivity contribution in [3.63, 3.8) is 0 Å². The highest BCUT2D eigenvalue weighted by molar-refractivity contribution is 6.42. The van der Waals surface area contributed by atoms with Crippen molar-refractivity contribution < 1.29 is 4.79 Å². The van der Waals surface area contributed by atoms with Gasteiger partial charge in [0.1, 0.15) is 0 Å². The average Bonchev–Trinajstić information content (AvgIpc) is 3.15. The van der Waals surface area contributed by atoms with E-state index in [0.717, 1.165) is 23.0 Å². The molecular weight excluding hydrogens is 511 g/mol. The van der Waals surface area contributed by atoms with Gasteiger partial charge in [0.2, 0.25) is 0 Å². The van der Waals surface area contributed by atoms with Crippen molar-refractivity contribution in [1.82, 2.24) is 9.88 Å². The summed E-state index contributed by atoms with van der Waals surface area (Å²) in [6.45, 7) is 9.11. The van der Waals surface area contributed by atoms with E-state index in [2.05, 4.69) is 85.3 Å². The number of nitrogens with zero attached hydrogens (tertiary/aromatic N) is 1. The van der Waals surface area contributed by atoms with E-state index in [1.807, 2.05) is 25.1 Å². The zero-order valence-electron chi connectivity index (χ0n) is 22.0. The fourth-order valence-corrected chi connectivity index (χ4v) is 5.32. The monoisotopic (exact) mass is 540 g/mol. The lowest BCUT2D eigenvalue weighted by molar-refractivity contribution is 0.0940. The number of fused-ring (bicyclic) bond motifs is 1. The molecule has 1 N–H and O–H groups in total. The zero-order chi connectivity index (χ0) is 27.0. The molecule has 38 heavy (non-hydrogen) atoms. The number of hydrogen-bond donors (Lipinski definition) is 1. The van der Waals surface area contributed by atoms with E-state index < -0.39 is 0 Å². The third kappa shape index (κ3) is 5.09. The van der Waals surface area contributed by atoms with Gasteiger partial charge in [0.15, 0.2) is 0 Å². The standard InChI is InChI=1S/C33H30Cl2N2O/c1-20-7-5-6-8-28(20)25-11-9-24(10-12-25)19-37-23(4)21(2)29-17-27(14-16-32(29)37)33(38)36-22(3)26-13-15-30(34)31(35)18-26/h5-18,22H,19H2,1-4H3,(H,36,38)/t22-/m0/s1. The van der Waals surface area contributed by atoms with Crippen LogP contribution in [0.25, 0.3) is 22.0 Å². The number of carbonyl (C=O) groups is 1. The Labute approximate surface area is 234 Å². The fraction of sp³-hybridized carbons (Fsp3) is 0.182. The summed E-state index contributed by atoms with van der Waals surface area (Å²) in [5.41, 5.74) is 10.0. The molecule has 5 heteroatoms. The lowest BCUT2D eigenvalue weighted by Gasteiger charge is -2.15. The van der Waals surface area contributed by atoms with Crippen LogP contribution in [0, 0.1) is 20.8 Å². The van der Waals surface area contributed by atoms with Gasteiger partial charge in [-0.25, -0.2) is 0 Å². The third-order valence-corrected chi connectivity index (χ3v) is 8.18. The number of aromatic nitrogens is 1. The predicted octanol–water partition coefficient (Wildman–Crippen LogP) is 9.08.